The summed E-state index contributed by atoms with van der Waals surface area (Å²) in [5, 5.41) is 2.79. The molecule has 0 unspecified atom stereocenters. The Morgan fingerprint density at radius 1 is 1.05 bits per heavy atom. The smallest absolute Gasteiger partial charge is 0.410 e. The molecule has 2 atom stereocenters. The Labute approximate surface area is 228 Å². The first-order valence-electron chi connectivity index (χ1n) is 14.1. The number of esters is 1. The number of amides is 3. The molecule has 0 spiro atoms. The fraction of sp³-hybridized carbons (Fsp3) is 0.793. The first-order chi connectivity index (χ1) is 17.9. The molecular formula is C29H47N3O6. The number of hydrogen-bond acceptors (Lipinski definition) is 6. The topological polar surface area (TPSA) is 105 Å². The highest BCUT2D eigenvalue weighted by atomic mass is 16.6. The van der Waals surface area contributed by atoms with Gasteiger partial charge in [-0.15, -0.1) is 6.42 Å². The van der Waals surface area contributed by atoms with Gasteiger partial charge in [-0.1, -0.05) is 19.8 Å². The average Bonchev–Trinajstić information content (AvgIpc) is 2.86. The maximum atomic E-state index is 12.9. The molecular weight excluding hydrogens is 486 g/mol. The molecule has 2 aliphatic heterocycles. The number of ether oxygens (including phenoxy) is 2. The van der Waals surface area contributed by atoms with Crippen LogP contribution in [-0.4, -0.2) is 78.6 Å². The molecule has 0 radical (unpaired) electrons. The summed E-state index contributed by atoms with van der Waals surface area (Å²) in [6, 6.07) is 0. The van der Waals surface area contributed by atoms with Crippen LogP contribution in [0.15, 0.2) is 0 Å². The van der Waals surface area contributed by atoms with E-state index in [-0.39, 0.29) is 30.4 Å². The van der Waals surface area contributed by atoms with E-state index in [0.29, 0.717) is 57.5 Å². The van der Waals surface area contributed by atoms with Crippen molar-refractivity contribution in [3.05, 3.63) is 0 Å². The van der Waals surface area contributed by atoms with Gasteiger partial charge < -0.3 is 24.6 Å². The molecule has 0 aliphatic carbocycles. The molecule has 214 valence electrons. The van der Waals surface area contributed by atoms with Crippen LogP contribution in [0, 0.1) is 36.0 Å². The van der Waals surface area contributed by atoms with E-state index in [1.807, 2.05) is 34.6 Å². The van der Waals surface area contributed by atoms with E-state index in [1.165, 1.54) is 0 Å². The predicted octanol–water partition coefficient (Wildman–Crippen LogP) is 3.61. The maximum Gasteiger partial charge on any atom is 0.410 e. The van der Waals surface area contributed by atoms with Crippen molar-refractivity contribution in [3.63, 3.8) is 0 Å². The number of piperidine rings is 2. The van der Waals surface area contributed by atoms with Crippen LogP contribution in [0.1, 0.15) is 79.6 Å². The van der Waals surface area contributed by atoms with Gasteiger partial charge in [0.25, 0.3) is 0 Å². The average molecular weight is 534 g/mol. The van der Waals surface area contributed by atoms with E-state index in [0.717, 1.165) is 32.1 Å². The van der Waals surface area contributed by atoms with Crippen molar-refractivity contribution in [2.24, 2.45) is 23.7 Å². The van der Waals surface area contributed by atoms with Crippen LogP contribution >= 0.6 is 0 Å². The fourth-order valence-electron chi connectivity index (χ4n) is 4.69. The van der Waals surface area contributed by atoms with Crippen molar-refractivity contribution in [1.29, 1.82) is 0 Å². The van der Waals surface area contributed by atoms with Gasteiger partial charge in [0.1, 0.15) is 11.5 Å². The quantitative estimate of drug-likeness (QED) is 0.340. The Morgan fingerprint density at radius 3 is 2.34 bits per heavy atom. The van der Waals surface area contributed by atoms with Crippen molar-refractivity contribution in [3.8, 4) is 12.3 Å². The van der Waals surface area contributed by atoms with Gasteiger partial charge in [-0.05, 0) is 71.1 Å². The molecule has 38 heavy (non-hydrogen) atoms. The van der Waals surface area contributed by atoms with Crippen LogP contribution in [0.4, 0.5) is 4.79 Å². The number of rotatable bonds is 10. The number of hydrogen-bond donors (Lipinski definition) is 1. The zero-order valence-electron chi connectivity index (χ0n) is 23.9. The molecule has 0 saturated carbocycles. The third kappa shape index (κ3) is 10.9. The van der Waals surface area contributed by atoms with Crippen molar-refractivity contribution in [2.45, 2.75) is 85.2 Å². The van der Waals surface area contributed by atoms with Gasteiger partial charge in [-0.3, -0.25) is 14.4 Å². The van der Waals surface area contributed by atoms with Gasteiger partial charge in [-0.25, -0.2) is 4.79 Å². The Balaban J connectivity index is 1.72. The SMILES string of the molecule is C#C[C@@H](CNC(=O)[C@@H]1CCCN(C(=O)CCC2CCN(C(=O)OC(C)(C)C)CC2)C1)C(=O)OCCC(C)C. The lowest BCUT2D eigenvalue weighted by Crippen LogP contribution is -2.46. The molecule has 9 nitrogen and oxygen atoms in total. The minimum atomic E-state index is -0.825. The third-order valence-corrected chi connectivity index (χ3v) is 7.08. The number of carbonyl (C=O) groups is 4. The lowest BCUT2D eigenvalue weighted by atomic mass is 9.91. The Kier molecular flexibility index (Phi) is 12.4. The number of carbonyl (C=O) groups excluding carboxylic acids is 4. The summed E-state index contributed by atoms with van der Waals surface area (Å²) in [6.45, 7) is 12.3. The Morgan fingerprint density at radius 2 is 1.74 bits per heavy atom. The van der Waals surface area contributed by atoms with Crippen LogP contribution in [0.3, 0.4) is 0 Å². The molecule has 0 aromatic carbocycles. The van der Waals surface area contributed by atoms with E-state index in [1.54, 1.807) is 9.80 Å². The molecule has 2 fully saturated rings. The molecule has 2 rings (SSSR count). The van der Waals surface area contributed by atoms with E-state index in [2.05, 4.69) is 11.2 Å². The second-order valence-electron chi connectivity index (χ2n) is 11.9. The Bertz CT molecular complexity index is 851. The summed E-state index contributed by atoms with van der Waals surface area (Å²) in [5.74, 6) is 1.45. The number of likely N-dealkylation sites (tertiary alicyclic amines) is 2. The van der Waals surface area contributed by atoms with Crippen molar-refractivity contribution in [2.75, 3.05) is 39.3 Å². The fourth-order valence-corrected chi connectivity index (χ4v) is 4.69. The summed E-state index contributed by atoms with van der Waals surface area (Å²) in [4.78, 5) is 53.7. The van der Waals surface area contributed by atoms with Gasteiger partial charge >= 0.3 is 12.1 Å². The monoisotopic (exact) mass is 533 g/mol. The molecule has 2 aliphatic rings. The first kappa shape index (κ1) is 31.5. The molecule has 0 aromatic rings. The predicted molar refractivity (Wildman–Crippen MR) is 145 cm³/mol. The summed E-state index contributed by atoms with van der Waals surface area (Å²) < 4.78 is 10.7. The number of terminal acetylenes is 1. The molecule has 1 N–H and O–H groups in total. The number of nitrogens with one attached hydrogen (secondary N) is 1. The first-order valence-corrected chi connectivity index (χ1v) is 14.1. The van der Waals surface area contributed by atoms with Gasteiger partial charge in [0, 0.05) is 39.1 Å². The molecule has 0 bridgehead atoms. The lowest BCUT2D eigenvalue weighted by Gasteiger charge is -2.34. The highest BCUT2D eigenvalue weighted by Crippen LogP contribution is 2.25. The normalized spacial score (nSPS) is 19.4. The van der Waals surface area contributed by atoms with Crippen molar-refractivity contribution in [1.82, 2.24) is 15.1 Å². The Hall–Kier alpha value is -2.76. The summed E-state index contributed by atoms with van der Waals surface area (Å²) in [7, 11) is 0. The largest absolute Gasteiger partial charge is 0.465 e. The zero-order valence-corrected chi connectivity index (χ0v) is 23.9. The van der Waals surface area contributed by atoms with Crippen LogP contribution in [0.2, 0.25) is 0 Å². The standard InChI is InChI=1S/C29H47N3O6/c1-7-23(27(35)37-18-14-21(2)3)19-30-26(34)24-9-8-15-32(20-24)25(33)11-10-22-12-16-31(17-13-22)28(36)38-29(4,5)6/h1,21-24H,8-20H2,2-6H3,(H,30,34)/t23-,24+/m0/s1. The summed E-state index contributed by atoms with van der Waals surface area (Å²) >= 11 is 0. The van der Waals surface area contributed by atoms with Crippen LogP contribution < -0.4 is 5.32 Å². The highest BCUT2D eigenvalue weighted by molar-refractivity contribution is 5.82. The maximum absolute atomic E-state index is 12.9. The molecule has 2 saturated heterocycles. The second kappa shape index (κ2) is 15.0. The summed E-state index contributed by atoms with van der Waals surface area (Å²) in [5.41, 5.74) is -0.508. The molecule has 3 amide bonds. The number of nitrogens with zero attached hydrogens (tertiary/aromatic N) is 2. The summed E-state index contributed by atoms with van der Waals surface area (Å²) in [6.07, 6.45) is 10.3. The van der Waals surface area contributed by atoms with Gasteiger partial charge in [0.15, 0.2) is 0 Å². The molecule has 9 heteroatoms. The van der Waals surface area contributed by atoms with E-state index in [9.17, 15) is 19.2 Å². The van der Waals surface area contributed by atoms with Crippen LogP contribution in [0.25, 0.3) is 0 Å². The minimum Gasteiger partial charge on any atom is -0.465 e. The van der Waals surface area contributed by atoms with Crippen LogP contribution in [-0.2, 0) is 23.9 Å². The van der Waals surface area contributed by atoms with E-state index >= 15 is 0 Å². The van der Waals surface area contributed by atoms with Gasteiger partial charge in [-0.2, -0.15) is 0 Å². The third-order valence-electron chi connectivity index (χ3n) is 7.08. The second-order valence-corrected chi connectivity index (χ2v) is 11.9. The van der Waals surface area contributed by atoms with Crippen molar-refractivity contribution < 1.29 is 28.7 Å². The minimum absolute atomic E-state index is 0.0300. The van der Waals surface area contributed by atoms with Gasteiger partial charge in [0.05, 0.1) is 12.5 Å². The lowest BCUT2D eigenvalue weighted by molar-refractivity contribution is -0.146. The van der Waals surface area contributed by atoms with E-state index < -0.39 is 17.5 Å². The van der Waals surface area contributed by atoms with E-state index in [4.69, 9.17) is 15.9 Å². The molecule has 0 aromatic heterocycles. The zero-order chi connectivity index (χ0) is 28.3. The molecule has 2 heterocycles. The van der Waals surface area contributed by atoms with Crippen LogP contribution in [0.5, 0.6) is 0 Å². The van der Waals surface area contributed by atoms with Crippen molar-refractivity contribution >= 4 is 23.9 Å². The van der Waals surface area contributed by atoms with Gasteiger partial charge in [0.2, 0.25) is 11.8 Å². The highest BCUT2D eigenvalue weighted by Gasteiger charge is 2.31.